The highest BCUT2D eigenvalue weighted by molar-refractivity contribution is 7.89. The lowest BCUT2D eigenvalue weighted by molar-refractivity contribution is -0.125. The van der Waals surface area contributed by atoms with E-state index in [1.807, 2.05) is 6.92 Å². The number of carbonyl (C=O) groups excluding carboxylic acids is 1. The lowest BCUT2D eigenvalue weighted by Gasteiger charge is -2.31. The van der Waals surface area contributed by atoms with Crippen LogP contribution in [0.3, 0.4) is 0 Å². The fraction of sp³-hybridized carbons (Fsp3) is 0.500. The largest absolute Gasteiger partial charge is 0.394 e. The molecule has 0 unspecified atom stereocenters. The van der Waals surface area contributed by atoms with Crippen LogP contribution in [0.1, 0.15) is 12.0 Å². The van der Waals surface area contributed by atoms with Crippen molar-refractivity contribution >= 4 is 15.9 Å². The first kappa shape index (κ1) is 21.5. The van der Waals surface area contributed by atoms with Crippen LogP contribution in [0.5, 0.6) is 0 Å². The number of benzene rings is 1. The molecule has 1 aliphatic rings. The van der Waals surface area contributed by atoms with Crippen molar-refractivity contribution < 1.29 is 27.8 Å². The highest BCUT2D eigenvalue weighted by Gasteiger charge is 2.31. The molecule has 2 rings (SSSR count). The van der Waals surface area contributed by atoms with Gasteiger partial charge in [-0.25, -0.2) is 13.1 Å². The minimum Gasteiger partial charge on any atom is -0.394 e. The molecule has 0 bridgehead atoms. The fourth-order valence-electron chi connectivity index (χ4n) is 2.62. The van der Waals surface area contributed by atoms with Gasteiger partial charge in [0, 0.05) is 13.7 Å². The van der Waals surface area contributed by atoms with Gasteiger partial charge >= 0.3 is 0 Å². The van der Waals surface area contributed by atoms with Crippen molar-refractivity contribution in [1.82, 2.24) is 10.0 Å². The number of nitrogens with one attached hydrogen (secondary N) is 2. The lowest BCUT2D eigenvalue weighted by atomic mass is 10.1. The number of aryl methyl sites for hydroxylation is 1. The van der Waals surface area contributed by atoms with Gasteiger partial charge in [-0.05, 0) is 19.1 Å². The predicted octanol–water partition coefficient (Wildman–Crippen LogP) is 0.111. The predicted molar refractivity (Wildman–Crippen MR) is 99.7 cm³/mol. The van der Waals surface area contributed by atoms with Gasteiger partial charge in [0.1, 0.15) is 6.10 Å². The Kier molecular flexibility index (Phi) is 7.93. The van der Waals surface area contributed by atoms with Crippen LogP contribution in [-0.2, 0) is 24.3 Å². The summed E-state index contributed by atoms with van der Waals surface area (Å²) >= 11 is 0. The third kappa shape index (κ3) is 6.40. The van der Waals surface area contributed by atoms with Crippen molar-refractivity contribution in [1.29, 1.82) is 0 Å². The number of ether oxygens (including phenoxy) is 2. The smallest absolute Gasteiger partial charge is 0.241 e. The molecule has 0 aromatic heterocycles. The molecule has 1 aromatic rings. The molecule has 1 amide bonds. The van der Waals surface area contributed by atoms with Gasteiger partial charge in [0.15, 0.2) is 0 Å². The Labute approximate surface area is 159 Å². The van der Waals surface area contributed by atoms with Crippen LogP contribution >= 0.6 is 0 Å². The normalized spacial score (nSPS) is 22.6. The Balaban J connectivity index is 1.99. The van der Waals surface area contributed by atoms with E-state index in [0.717, 1.165) is 5.56 Å². The summed E-state index contributed by atoms with van der Waals surface area (Å²) in [4.78, 5) is 12.0. The molecule has 150 valence electrons. The van der Waals surface area contributed by atoms with E-state index in [-0.39, 0.29) is 23.8 Å². The Morgan fingerprint density at radius 3 is 2.59 bits per heavy atom. The van der Waals surface area contributed by atoms with Gasteiger partial charge in [-0.15, -0.1) is 0 Å². The van der Waals surface area contributed by atoms with Gasteiger partial charge in [-0.1, -0.05) is 29.8 Å². The van der Waals surface area contributed by atoms with E-state index in [4.69, 9.17) is 9.47 Å². The van der Waals surface area contributed by atoms with Crippen molar-refractivity contribution in [2.75, 3.05) is 26.9 Å². The van der Waals surface area contributed by atoms with Crippen LogP contribution in [-0.4, -0.2) is 64.5 Å². The van der Waals surface area contributed by atoms with Crippen LogP contribution in [0, 0.1) is 6.92 Å². The maximum absolute atomic E-state index is 12.5. The second-order valence-electron chi connectivity index (χ2n) is 6.29. The molecule has 0 fully saturated rings. The third-order valence-corrected chi connectivity index (χ3v) is 5.58. The number of rotatable bonds is 9. The van der Waals surface area contributed by atoms with Crippen LogP contribution in [0.4, 0.5) is 0 Å². The first-order valence-electron chi connectivity index (χ1n) is 8.65. The zero-order chi connectivity index (χ0) is 19.9. The minimum atomic E-state index is -3.76. The van der Waals surface area contributed by atoms with E-state index in [2.05, 4.69) is 10.0 Å². The number of methoxy groups -OCH3 is 1. The quantitative estimate of drug-likeness (QED) is 0.402. The summed E-state index contributed by atoms with van der Waals surface area (Å²) in [5.74, 6) is -0.211. The number of hydrogen-bond acceptors (Lipinski definition) is 6. The Morgan fingerprint density at radius 1 is 1.26 bits per heavy atom. The van der Waals surface area contributed by atoms with E-state index in [1.54, 1.807) is 31.4 Å². The summed E-state index contributed by atoms with van der Waals surface area (Å²) in [6.07, 6.45) is 2.00. The van der Waals surface area contributed by atoms with Gasteiger partial charge in [-0.3, -0.25) is 4.79 Å². The lowest BCUT2D eigenvalue weighted by Crippen LogP contribution is -2.49. The van der Waals surface area contributed by atoms with Crippen LogP contribution in [0.25, 0.3) is 0 Å². The zero-order valence-corrected chi connectivity index (χ0v) is 16.2. The van der Waals surface area contributed by atoms with Gasteiger partial charge in [0.05, 0.1) is 36.7 Å². The molecule has 1 aromatic carbocycles. The molecule has 9 heteroatoms. The summed E-state index contributed by atoms with van der Waals surface area (Å²) in [6, 6.07) is 5.74. The third-order valence-electron chi connectivity index (χ3n) is 4.10. The molecule has 1 aliphatic heterocycles. The van der Waals surface area contributed by atoms with E-state index >= 15 is 0 Å². The molecule has 3 atom stereocenters. The molecule has 27 heavy (non-hydrogen) atoms. The Morgan fingerprint density at radius 2 is 1.96 bits per heavy atom. The Hall–Kier alpha value is -1.78. The highest BCUT2D eigenvalue weighted by Crippen LogP contribution is 2.18. The van der Waals surface area contributed by atoms with E-state index in [9.17, 15) is 18.3 Å². The summed E-state index contributed by atoms with van der Waals surface area (Å²) in [7, 11) is -2.22. The standard InChI is InChI=1S/C18H26N2O6S/c1-13-3-6-15(7-4-13)27(23,24)20-16-8-5-14(26-17(16)12-21)11-18(22)19-9-10-25-2/h3-8,14,16-17,20-21H,9-12H2,1-2H3,(H,19,22)/t14-,16+,17+/m0/s1. The molecule has 0 radical (unpaired) electrons. The first-order chi connectivity index (χ1) is 12.9. The summed E-state index contributed by atoms with van der Waals surface area (Å²) in [5, 5.41) is 12.3. The average Bonchev–Trinajstić information content (AvgIpc) is 2.63. The van der Waals surface area contributed by atoms with Crippen LogP contribution in [0.15, 0.2) is 41.3 Å². The molecule has 0 saturated heterocycles. The maximum Gasteiger partial charge on any atom is 0.241 e. The van der Waals surface area contributed by atoms with Crippen molar-refractivity contribution in [3.63, 3.8) is 0 Å². The molecule has 0 spiro atoms. The summed E-state index contributed by atoms with van der Waals surface area (Å²) in [5.41, 5.74) is 0.953. The molecule has 8 nitrogen and oxygen atoms in total. The fourth-order valence-corrected chi connectivity index (χ4v) is 3.84. The summed E-state index contributed by atoms with van der Waals surface area (Å²) < 4.78 is 38.1. The topological polar surface area (TPSA) is 114 Å². The van der Waals surface area contributed by atoms with Crippen molar-refractivity contribution in [2.24, 2.45) is 0 Å². The first-order valence-corrected chi connectivity index (χ1v) is 10.1. The van der Waals surface area contributed by atoms with Crippen molar-refractivity contribution in [3.8, 4) is 0 Å². The second kappa shape index (κ2) is 9.95. The number of carbonyl (C=O) groups is 1. The van der Waals surface area contributed by atoms with Crippen molar-refractivity contribution in [3.05, 3.63) is 42.0 Å². The SMILES string of the molecule is COCCNC(=O)C[C@@H]1C=C[C@@H](NS(=O)(=O)c2ccc(C)cc2)[C@@H](CO)O1. The van der Waals surface area contributed by atoms with E-state index < -0.39 is 28.3 Å². The zero-order valence-electron chi connectivity index (χ0n) is 15.4. The maximum atomic E-state index is 12.5. The molecule has 1 heterocycles. The number of sulfonamides is 1. The monoisotopic (exact) mass is 398 g/mol. The molecule has 3 N–H and O–H groups in total. The second-order valence-corrected chi connectivity index (χ2v) is 8.00. The Bertz CT molecular complexity index is 748. The van der Waals surface area contributed by atoms with Crippen LogP contribution in [0.2, 0.25) is 0 Å². The number of hydrogen-bond donors (Lipinski definition) is 3. The van der Waals surface area contributed by atoms with E-state index in [0.29, 0.717) is 13.2 Å². The number of amides is 1. The highest BCUT2D eigenvalue weighted by atomic mass is 32.2. The number of aliphatic hydroxyl groups excluding tert-OH is 1. The molecule has 0 aliphatic carbocycles. The van der Waals surface area contributed by atoms with Gasteiger partial charge in [0.25, 0.3) is 0 Å². The molecular formula is C18H26N2O6S. The van der Waals surface area contributed by atoms with Gasteiger partial charge < -0.3 is 19.9 Å². The average molecular weight is 398 g/mol. The summed E-state index contributed by atoms with van der Waals surface area (Å²) in [6.45, 7) is 2.30. The minimum absolute atomic E-state index is 0.0775. The molecule has 0 saturated carbocycles. The van der Waals surface area contributed by atoms with Gasteiger partial charge in [-0.2, -0.15) is 0 Å². The van der Waals surface area contributed by atoms with Crippen LogP contribution < -0.4 is 10.0 Å². The van der Waals surface area contributed by atoms with Crippen molar-refractivity contribution in [2.45, 2.75) is 36.5 Å². The van der Waals surface area contributed by atoms with Gasteiger partial charge in [0.2, 0.25) is 15.9 Å². The number of aliphatic hydroxyl groups is 1. The molecular weight excluding hydrogens is 372 g/mol. The van der Waals surface area contributed by atoms with E-state index in [1.165, 1.54) is 12.1 Å².